The van der Waals surface area contributed by atoms with Crippen molar-refractivity contribution in [1.29, 1.82) is 0 Å². The van der Waals surface area contributed by atoms with E-state index < -0.39 is 5.60 Å². The molecule has 1 amide bonds. The van der Waals surface area contributed by atoms with E-state index in [1.165, 1.54) is 0 Å². The van der Waals surface area contributed by atoms with Gasteiger partial charge in [-0.25, -0.2) is 4.79 Å². The van der Waals surface area contributed by atoms with Crippen molar-refractivity contribution in [2.75, 3.05) is 39.8 Å². The fourth-order valence-corrected chi connectivity index (χ4v) is 2.96. The number of carbonyl (C=O) groups is 1. The average Bonchev–Trinajstić information content (AvgIpc) is 2.65. The fourth-order valence-electron chi connectivity index (χ4n) is 2.96. The summed E-state index contributed by atoms with van der Waals surface area (Å²) >= 11 is 0. The molecule has 1 fully saturated rings. The number of hydrogen-bond donors (Lipinski definition) is 1. The van der Waals surface area contributed by atoms with Crippen molar-refractivity contribution in [3.8, 4) is 5.75 Å². The Balaban J connectivity index is 1.93. The highest BCUT2D eigenvalue weighted by molar-refractivity contribution is 5.78. The maximum absolute atomic E-state index is 12.2. The SMILES string of the molecule is COc1cccc(C(C)(C)CN=C(N)N2CCN(C(=O)OC(C)(C)C)CC2)c1. The largest absolute Gasteiger partial charge is 0.497 e. The second-order valence-electron chi connectivity index (χ2n) is 8.74. The molecule has 1 aromatic carbocycles. The van der Waals surface area contributed by atoms with Crippen LogP contribution in [0.25, 0.3) is 0 Å². The number of methoxy groups -OCH3 is 1. The number of aliphatic imine (C=N–C) groups is 1. The standard InChI is InChI=1S/C21H34N4O3/c1-20(2,3)28-19(26)25-12-10-24(11-13-25)18(22)23-15-21(4,5)16-8-7-9-17(14-16)27-6/h7-9,14H,10-13,15H2,1-6H3,(H2,22,23). The summed E-state index contributed by atoms with van der Waals surface area (Å²) in [4.78, 5) is 20.5. The molecule has 0 atom stereocenters. The second-order valence-corrected chi connectivity index (χ2v) is 8.74. The number of carbonyl (C=O) groups excluding carboxylic acids is 1. The van der Waals surface area contributed by atoms with Gasteiger partial charge in [0.1, 0.15) is 11.4 Å². The quantitative estimate of drug-likeness (QED) is 0.632. The first-order chi connectivity index (χ1) is 13.0. The number of nitrogens with zero attached hydrogens (tertiary/aromatic N) is 3. The van der Waals surface area contributed by atoms with Crippen molar-refractivity contribution in [3.63, 3.8) is 0 Å². The highest BCUT2D eigenvalue weighted by Crippen LogP contribution is 2.26. The lowest BCUT2D eigenvalue weighted by atomic mass is 9.84. The Hall–Kier alpha value is -2.44. The lowest BCUT2D eigenvalue weighted by Gasteiger charge is -2.36. The zero-order valence-corrected chi connectivity index (χ0v) is 18.0. The van der Waals surface area contributed by atoms with Crippen LogP contribution in [0.5, 0.6) is 5.75 Å². The number of ether oxygens (including phenoxy) is 2. The first-order valence-corrected chi connectivity index (χ1v) is 9.69. The average molecular weight is 391 g/mol. The molecule has 7 nitrogen and oxygen atoms in total. The smallest absolute Gasteiger partial charge is 0.410 e. The molecule has 1 saturated heterocycles. The Morgan fingerprint density at radius 1 is 1.11 bits per heavy atom. The van der Waals surface area contributed by atoms with Crippen LogP contribution in [0.15, 0.2) is 29.3 Å². The number of amides is 1. The summed E-state index contributed by atoms with van der Waals surface area (Å²) in [5.74, 6) is 1.35. The summed E-state index contributed by atoms with van der Waals surface area (Å²) in [5.41, 5.74) is 6.73. The van der Waals surface area contributed by atoms with Crippen LogP contribution in [-0.2, 0) is 10.2 Å². The molecule has 0 aromatic heterocycles. The predicted molar refractivity (Wildman–Crippen MR) is 112 cm³/mol. The number of piperazine rings is 1. The van der Waals surface area contributed by atoms with E-state index in [4.69, 9.17) is 15.2 Å². The van der Waals surface area contributed by atoms with Gasteiger partial charge in [-0.05, 0) is 38.5 Å². The molecule has 2 rings (SSSR count). The van der Waals surface area contributed by atoms with Gasteiger partial charge >= 0.3 is 6.09 Å². The molecule has 1 heterocycles. The highest BCUT2D eigenvalue weighted by atomic mass is 16.6. The third-order valence-corrected chi connectivity index (χ3v) is 4.74. The molecule has 28 heavy (non-hydrogen) atoms. The van der Waals surface area contributed by atoms with Crippen molar-refractivity contribution < 1.29 is 14.3 Å². The zero-order valence-electron chi connectivity index (χ0n) is 18.0. The molecular formula is C21H34N4O3. The molecule has 1 aliphatic heterocycles. The summed E-state index contributed by atoms with van der Waals surface area (Å²) in [5, 5.41) is 0. The van der Waals surface area contributed by atoms with E-state index in [1.807, 2.05) is 43.9 Å². The Morgan fingerprint density at radius 3 is 2.29 bits per heavy atom. The van der Waals surface area contributed by atoms with Crippen molar-refractivity contribution in [2.45, 2.75) is 45.6 Å². The summed E-state index contributed by atoms with van der Waals surface area (Å²) in [6.07, 6.45) is -0.276. The topological polar surface area (TPSA) is 80.4 Å². The molecule has 0 bridgehead atoms. The first kappa shape index (κ1) is 21.9. The molecular weight excluding hydrogens is 356 g/mol. The second kappa shape index (κ2) is 8.71. The minimum absolute atomic E-state index is 0.169. The van der Waals surface area contributed by atoms with E-state index in [2.05, 4.69) is 24.9 Å². The van der Waals surface area contributed by atoms with Gasteiger partial charge in [0, 0.05) is 31.6 Å². The fraction of sp³-hybridized carbons (Fsp3) is 0.619. The molecule has 2 N–H and O–H groups in total. The van der Waals surface area contributed by atoms with Crippen molar-refractivity contribution >= 4 is 12.1 Å². The van der Waals surface area contributed by atoms with Gasteiger partial charge in [-0.15, -0.1) is 0 Å². The van der Waals surface area contributed by atoms with Crippen LogP contribution in [0.1, 0.15) is 40.2 Å². The van der Waals surface area contributed by atoms with Gasteiger partial charge in [0.05, 0.1) is 13.7 Å². The van der Waals surface area contributed by atoms with E-state index in [0.29, 0.717) is 38.7 Å². The molecule has 0 unspecified atom stereocenters. The minimum Gasteiger partial charge on any atom is -0.497 e. The minimum atomic E-state index is -0.486. The lowest BCUT2D eigenvalue weighted by Crippen LogP contribution is -2.53. The maximum Gasteiger partial charge on any atom is 0.410 e. The third-order valence-electron chi connectivity index (χ3n) is 4.74. The third kappa shape index (κ3) is 6.04. The Labute approximate surface area is 168 Å². The lowest BCUT2D eigenvalue weighted by molar-refractivity contribution is 0.0186. The predicted octanol–water partition coefficient (Wildman–Crippen LogP) is 2.84. The van der Waals surface area contributed by atoms with Gasteiger partial charge in [-0.1, -0.05) is 26.0 Å². The van der Waals surface area contributed by atoms with Gasteiger partial charge in [0.2, 0.25) is 0 Å². The van der Waals surface area contributed by atoms with Crippen LogP contribution in [-0.4, -0.2) is 67.3 Å². The van der Waals surface area contributed by atoms with E-state index in [9.17, 15) is 4.79 Å². The van der Waals surface area contributed by atoms with Gasteiger partial charge in [-0.2, -0.15) is 0 Å². The van der Waals surface area contributed by atoms with Gasteiger partial charge in [-0.3, -0.25) is 4.99 Å². The summed E-state index contributed by atoms with van der Waals surface area (Å²) in [7, 11) is 1.67. The number of guanidine groups is 1. The van der Waals surface area contributed by atoms with Crippen molar-refractivity contribution in [3.05, 3.63) is 29.8 Å². The molecule has 1 aliphatic rings. The Bertz CT molecular complexity index is 702. The number of benzene rings is 1. The number of rotatable bonds is 4. The van der Waals surface area contributed by atoms with E-state index in [-0.39, 0.29) is 11.5 Å². The van der Waals surface area contributed by atoms with Crippen LogP contribution in [0.4, 0.5) is 4.79 Å². The molecule has 0 radical (unpaired) electrons. The van der Waals surface area contributed by atoms with E-state index >= 15 is 0 Å². The Morgan fingerprint density at radius 2 is 1.71 bits per heavy atom. The number of nitrogens with two attached hydrogens (primary N) is 1. The molecule has 0 spiro atoms. The summed E-state index contributed by atoms with van der Waals surface area (Å²) in [6.45, 7) is 12.9. The van der Waals surface area contributed by atoms with E-state index in [0.717, 1.165) is 11.3 Å². The van der Waals surface area contributed by atoms with E-state index in [1.54, 1.807) is 12.0 Å². The first-order valence-electron chi connectivity index (χ1n) is 9.69. The van der Waals surface area contributed by atoms with Crippen molar-refractivity contribution in [2.24, 2.45) is 10.7 Å². The molecule has 0 saturated carbocycles. The molecule has 1 aromatic rings. The summed E-state index contributed by atoms with van der Waals surface area (Å²) in [6, 6.07) is 8.03. The van der Waals surface area contributed by atoms with Crippen LogP contribution in [0.3, 0.4) is 0 Å². The van der Waals surface area contributed by atoms with Gasteiger partial charge in [0.15, 0.2) is 5.96 Å². The van der Waals surface area contributed by atoms with Crippen LogP contribution < -0.4 is 10.5 Å². The molecule has 7 heteroatoms. The van der Waals surface area contributed by atoms with Crippen molar-refractivity contribution in [1.82, 2.24) is 9.80 Å². The van der Waals surface area contributed by atoms with Crippen LogP contribution in [0, 0.1) is 0 Å². The zero-order chi connectivity index (χ0) is 20.9. The normalized spacial score (nSPS) is 16.1. The monoisotopic (exact) mass is 390 g/mol. The van der Waals surface area contributed by atoms with Gasteiger partial charge < -0.3 is 25.0 Å². The summed E-state index contributed by atoms with van der Waals surface area (Å²) < 4.78 is 10.7. The maximum atomic E-state index is 12.2. The molecule has 156 valence electrons. The highest BCUT2D eigenvalue weighted by Gasteiger charge is 2.27. The van der Waals surface area contributed by atoms with Crippen LogP contribution >= 0.6 is 0 Å². The number of hydrogen-bond acceptors (Lipinski definition) is 4. The Kier molecular flexibility index (Phi) is 6.80. The van der Waals surface area contributed by atoms with Gasteiger partial charge in [0.25, 0.3) is 0 Å². The molecule has 0 aliphatic carbocycles. The van der Waals surface area contributed by atoms with Crippen LogP contribution in [0.2, 0.25) is 0 Å².